The van der Waals surface area contributed by atoms with Gasteiger partial charge >= 0.3 is 5.97 Å². The Morgan fingerprint density at radius 1 is 1.00 bits per heavy atom. The lowest BCUT2D eigenvalue weighted by Gasteiger charge is -2.12. The summed E-state index contributed by atoms with van der Waals surface area (Å²) < 4.78 is 4.76. The van der Waals surface area contributed by atoms with Crippen LogP contribution in [0.25, 0.3) is 10.9 Å². The molecule has 5 nitrogen and oxygen atoms in total. The molecule has 0 aliphatic heterocycles. The minimum Gasteiger partial charge on any atom is -0.465 e. The van der Waals surface area contributed by atoms with Crippen LogP contribution in [0.4, 0.5) is 5.69 Å². The van der Waals surface area contributed by atoms with Crippen molar-refractivity contribution in [3.05, 3.63) is 71.4 Å². The van der Waals surface area contributed by atoms with Crippen molar-refractivity contribution in [2.45, 2.75) is 6.92 Å². The van der Waals surface area contributed by atoms with Crippen molar-refractivity contribution < 1.29 is 14.3 Å². The summed E-state index contributed by atoms with van der Waals surface area (Å²) in [5.74, 6) is -0.708. The van der Waals surface area contributed by atoms with Crippen molar-refractivity contribution in [3.8, 4) is 0 Å². The zero-order valence-corrected chi connectivity index (χ0v) is 13.4. The average Bonchev–Trinajstić information content (AvgIpc) is 2.62. The third-order valence-corrected chi connectivity index (χ3v) is 3.86. The Balaban J connectivity index is 1.97. The number of esters is 1. The lowest BCUT2D eigenvalue weighted by atomic mass is 10.1. The number of amides is 1. The molecular weight excluding hydrogens is 304 g/mol. The molecule has 1 amide bonds. The second-order valence-electron chi connectivity index (χ2n) is 5.30. The molecule has 0 spiro atoms. The number of methoxy groups -OCH3 is 1. The zero-order valence-electron chi connectivity index (χ0n) is 13.4. The largest absolute Gasteiger partial charge is 0.465 e. The van der Waals surface area contributed by atoms with Crippen molar-refractivity contribution in [1.82, 2.24) is 4.98 Å². The van der Waals surface area contributed by atoms with Crippen LogP contribution in [0, 0.1) is 6.92 Å². The van der Waals surface area contributed by atoms with Gasteiger partial charge in [-0.2, -0.15) is 0 Å². The SMILES string of the molecule is COC(=O)c1cccc(NC(=O)c2cccc3cccnc23)c1C. The second kappa shape index (κ2) is 6.50. The zero-order chi connectivity index (χ0) is 17.1. The Morgan fingerprint density at radius 3 is 2.50 bits per heavy atom. The number of nitrogens with zero attached hydrogens (tertiary/aromatic N) is 1. The van der Waals surface area contributed by atoms with E-state index in [2.05, 4.69) is 10.3 Å². The fraction of sp³-hybridized carbons (Fsp3) is 0.105. The number of ether oxygens (including phenoxy) is 1. The Morgan fingerprint density at radius 2 is 1.71 bits per heavy atom. The predicted octanol–water partition coefficient (Wildman–Crippen LogP) is 3.58. The van der Waals surface area contributed by atoms with Gasteiger partial charge < -0.3 is 10.1 Å². The standard InChI is InChI=1S/C19H16N2O3/c1-12-14(19(23)24-2)8-4-10-16(12)21-18(22)15-9-3-6-13-7-5-11-20-17(13)15/h3-11H,1-2H3,(H,21,22). The summed E-state index contributed by atoms with van der Waals surface area (Å²) in [5, 5.41) is 3.74. The first-order valence-electron chi connectivity index (χ1n) is 7.45. The van der Waals surface area contributed by atoms with Gasteiger partial charge in [-0.3, -0.25) is 9.78 Å². The molecule has 3 rings (SSSR count). The molecule has 1 heterocycles. The maximum absolute atomic E-state index is 12.7. The molecule has 0 radical (unpaired) electrons. The Hall–Kier alpha value is -3.21. The molecule has 0 aliphatic carbocycles. The first kappa shape index (κ1) is 15.7. The number of carbonyl (C=O) groups excluding carboxylic acids is 2. The normalized spacial score (nSPS) is 10.4. The molecule has 0 fully saturated rings. The van der Waals surface area contributed by atoms with E-state index in [0.29, 0.717) is 27.9 Å². The second-order valence-corrected chi connectivity index (χ2v) is 5.30. The van der Waals surface area contributed by atoms with Crippen LogP contribution in [0.3, 0.4) is 0 Å². The number of rotatable bonds is 3. The number of carbonyl (C=O) groups is 2. The Bertz CT molecular complexity index is 930. The van der Waals surface area contributed by atoms with Gasteiger partial charge in [-0.15, -0.1) is 0 Å². The topological polar surface area (TPSA) is 68.3 Å². The van der Waals surface area contributed by atoms with E-state index in [9.17, 15) is 9.59 Å². The van der Waals surface area contributed by atoms with Gasteiger partial charge in [-0.1, -0.05) is 24.3 Å². The van der Waals surface area contributed by atoms with Gasteiger partial charge in [0.15, 0.2) is 0 Å². The lowest BCUT2D eigenvalue weighted by Crippen LogP contribution is -2.15. The lowest BCUT2D eigenvalue weighted by molar-refractivity contribution is 0.0599. The summed E-state index contributed by atoms with van der Waals surface area (Å²) in [6.07, 6.45) is 1.65. The molecule has 1 aromatic heterocycles. The van der Waals surface area contributed by atoms with Crippen LogP contribution in [0.15, 0.2) is 54.7 Å². The van der Waals surface area contributed by atoms with Crippen LogP contribution in [-0.4, -0.2) is 24.0 Å². The van der Waals surface area contributed by atoms with E-state index >= 15 is 0 Å². The van der Waals surface area contributed by atoms with Gasteiger partial charge in [0.25, 0.3) is 5.91 Å². The summed E-state index contributed by atoms with van der Waals surface area (Å²) in [4.78, 5) is 28.7. The minimum atomic E-state index is -0.435. The van der Waals surface area contributed by atoms with Crippen LogP contribution >= 0.6 is 0 Å². The fourth-order valence-corrected chi connectivity index (χ4v) is 2.58. The summed E-state index contributed by atoms with van der Waals surface area (Å²) >= 11 is 0. The first-order chi connectivity index (χ1) is 11.6. The molecule has 0 saturated carbocycles. The number of para-hydroxylation sites is 1. The van der Waals surface area contributed by atoms with Crippen molar-refractivity contribution in [3.63, 3.8) is 0 Å². The van der Waals surface area contributed by atoms with Gasteiger partial charge in [0.05, 0.1) is 23.8 Å². The molecule has 24 heavy (non-hydrogen) atoms. The van der Waals surface area contributed by atoms with Crippen LogP contribution in [0.1, 0.15) is 26.3 Å². The van der Waals surface area contributed by atoms with E-state index in [1.54, 1.807) is 37.4 Å². The molecule has 5 heteroatoms. The highest BCUT2D eigenvalue weighted by Gasteiger charge is 2.15. The molecular formula is C19H16N2O3. The van der Waals surface area contributed by atoms with Gasteiger partial charge in [0.1, 0.15) is 0 Å². The molecule has 0 bridgehead atoms. The molecule has 0 saturated heterocycles. The maximum atomic E-state index is 12.7. The third-order valence-electron chi connectivity index (χ3n) is 3.86. The summed E-state index contributed by atoms with van der Waals surface area (Å²) in [6, 6.07) is 14.3. The van der Waals surface area contributed by atoms with Gasteiger partial charge in [-0.25, -0.2) is 4.79 Å². The quantitative estimate of drug-likeness (QED) is 0.749. The summed E-state index contributed by atoms with van der Waals surface area (Å²) in [5.41, 5.74) is 2.77. The highest BCUT2D eigenvalue weighted by atomic mass is 16.5. The fourth-order valence-electron chi connectivity index (χ4n) is 2.58. The number of benzene rings is 2. The smallest absolute Gasteiger partial charge is 0.338 e. The number of pyridine rings is 1. The molecule has 0 atom stereocenters. The van der Waals surface area contributed by atoms with E-state index < -0.39 is 5.97 Å². The summed E-state index contributed by atoms with van der Waals surface area (Å²) in [6.45, 7) is 1.77. The Kier molecular flexibility index (Phi) is 4.24. The molecule has 120 valence electrons. The molecule has 2 aromatic carbocycles. The summed E-state index contributed by atoms with van der Waals surface area (Å²) in [7, 11) is 1.33. The number of anilines is 1. The number of fused-ring (bicyclic) bond motifs is 1. The van der Waals surface area contributed by atoms with E-state index in [0.717, 1.165) is 5.39 Å². The van der Waals surface area contributed by atoms with E-state index in [1.807, 2.05) is 24.3 Å². The van der Waals surface area contributed by atoms with Crippen LogP contribution in [0.5, 0.6) is 0 Å². The molecule has 1 N–H and O–H groups in total. The maximum Gasteiger partial charge on any atom is 0.338 e. The molecule has 3 aromatic rings. The van der Waals surface area contributed by atoms with Crippen LogP contribution < -0.4 is 5.32 Å². The average molecular weight is 320 g/mol. The first-order valence-corrected chi connectivity index (χ1v) is 7.45. The van der Waals surface area contributed by atoms with Gasteiger partial charge in [0, 0.05) is 17.3 Å². The van der Waals surface area contributed by atoms with E-state index in [1.165, 1.54) is 7.11 Å². The number of nitrogens with one attached hydrogen (secondary N) is 1. The Labute approximate surface area is 139 Å². The van der Waals surface area contributed by atoms with Crippen molar-refractivity contribution >= 4 is 28.5 Å². The van der Waals surface area contributed by atoms with Crippen LogP contribution in [-0.2, 0) is 4.74 Å². The number of hydrogen-bond donors (Lipinski definition) is 1. The third kappa shape index (κ3) is 2.84. The monoisotopic (exact) mass is 320 g/mol. The molecule has 0 unspecified atom stereocenters. The van der Waals surface area contributed by atoms with E-state index in [-0.39, 0.29) is 5.91 Å². The van der Waals surface area contributed by atoms with Crippen molar-refractivity contribution in [1.29, 1.82) is 0 Å². The highest BCUT2D eigenvalue weighted by molar-refractivity contribution is 6.12. The minimum absolute atomic E-state index is 0.274. The van der Waals surface area contributed by atoms with Gasteiger partial charge in [-0.05, 0) is 36.8 Å². The predicted molar refractivity (Wildman–Crippen MR) is 92.2 cm³/mol. The van der Waals surface area contributed by atoms with Crippen molar-refractivity contribution in [2.24, 2.45) is 0 Å². The molecule has 0 aliphatic rings. The van der Waals surface area contributed by atoms with Crippen LogP contribution in [0.2, 0.25) is 0 Å². The van der Waals surface area contributed by atoms with Gasteiger partial charge in [0.2, 0.25) is 0 Å². The number of aromatic nitrogens is 1. The van der Waals surface area contributed by atoms with E-state index in [4.69, 9.17) is 4.74 Å². The highest BCUT2D eigenvalue weighted by Crippen LogP contribution is 2.22. The number of hydrogen-bond acceptors (Lipinski definition) is 4. The van der Waals surface area contributed by atoms with Crippen molar-refractivity contribution in [2.75, 3.05) is 12.4 Å².